The van der Waals surface area contributed by atoms with Crippen LogP contribution in [0.25, 0.3) is 66.8 Å². The molecule has 8 rings (SSSR count). The van der Waals surface area contributed by atoms with Crippen molar-refractivity contribution >= 4 is 68.7 Å². The van der Waals surface area contributed by atoms with Crippen LogP contribution < -0.4 is 21.0 Å². The zero-order valence-electron chi connectivity index (χ0n) is 32.8. The largest absolute Gasteiger partial charge is 0.508 e. The van der Waals surface area contributed by atoms with E-state index in [-0.39, 0.29) is 67.8 Å². The molecule has 4 N–H and O–H groups in total. The molecule has 2 aliphatic carbocycles. The number of amides is 1. The number of nitrogens with one attached hydrogen (secondary N) is 1. The number of hydrogen-bond acceptors (Lipinski definition) is 9. The maximum Gasteiger partial charge on any atom is 0.337 e. The van der Waals surface area contributed by atoms with Crippen molar-refractivity contribution in [3.63, 3.8) is 0 Å². The second-order valence-electron chi connectivity index (χ2n) is 14.5. The van der Waals surface area contributed by atoms with Gasteiger partial charge in [-0.1, -0.05) is 35.3 Å². The first-order chi connectivity index (χ1) is 29.2. The van der Waals surface area contributed by atoms with Crippen LogP contribution in [0.2, 0.25) is 10.0 Å². The lowest BCUT2D eigenvalue weighted by Crippen LogP contribution is -2.26. The molecule has 0 saturated heterocycles. The van der Waals surface area contributed by atoms with Gasteiger partial charge in [-0.3, -0.25) is 14.6 Å². The summed E-state index contributed by atoms with van der Waals surface area (Å²) in [5.74, 6) is -2.72. The van der Waals surface area contributed by atoms with E-state index in [0.29, 0.717) is 67.4 Å². The molecular formula is C47H35Cl2N3O9. The lowest BCUT2D eigenvalue weighted by atomic mass is 9.89. The standard InChI is InChI=1S/C47H35Cl2N3O9/c1-4-50-24-6-11-31-36(18-24)60-37-19-25(52(2)3)7-12-32(37)41(31)42-35(48)22-34(44(49)43(42)47(58)59)45(55)51-16-15-23-5-10-28(33(17-23)46(56)57)40-29-13-8-26(53)20-38(29)61-39-21-27(54)9-14-30(39)40/h5-14,17-22,53H,4,15-16H2,1-3H3,(H,51,55)(H,56,57)(H,58,59)/b50-24+. The van der Waals surface area contributed by atoms with Crippen molar-refractivity contribution in [3.8, 4) is 50.7 Å². The summed E-state index contributed by atoms with van der Waals surface area (Å²) < 4.78 is 12.3. The number of carboxylic acids is 2. The normalized spacial score (nSPS) is 11.8. The number of carbonyl (C=O) groups is 3. The van der Waals surface area contributed by atoms with Crippen LogP contribution in [0.1, 0.15) is 43.6 Å². The molecule has 306 valence electrons. The summed E-state index contributed by atoms with van der Waals surface area (Å²) in [4.78, 5) is 58.2. The van der Waals surface area contributed by atoms with Crippen LogP contribution in [0.3, 0.4) is 0 Å². The van der Waals surface area contributed by atoms with Crippen LogP contribution in [0, 0.1) is 0 Å². The number of phenols is 1. The Morgan fingerprint density at radius 2 is 1.39 bits per heavy atom. The molecule has 0 aromatic heterocycles. The molecule has 14 heteroatoms. The first-order valence-electron chi connectivity index (χ1n) is 19.0. The predicted molar refractivity (Wildman–Crippen MR) is 235 cm³/mol. The van der Waals surface area contributed by atoms with Gasteiger partial charge in [0.2, 0.25) is 0 Å². The molecule has 0 fully saturated rings. The first-order valence-corrected chi connectivity index (χ1v) is 19.8. The predicted octanol–water partition coefficient (Wildman–Crippen LogP) is 9.45. The molecule has 12 nitrogen and oxygen atoms in total. The first kappa shape index (κ1) is 40.6. The quantitative estimate of drug-likeness (QED) is 0.0967. The second-order valence-corrected chi connectivity index (χ2v) is 15.3. The molecule has 0 radical (unpaired) electrons. The summed E-state index contributed by atoms with van der Waals surface area (Å²) in [7, 11) is 3.78. The molecule has 0 atom stereocenters. The molecule has 4 aromatic rings. The fourth-order valence-corrected chi connectivity index (χ4v) is 8.25. The highest BCUT2D eigenvalue weighted by molar-refractivity contribution is 6.41. The molecule has 2 heterocycles. The van der Waals surface area contributed by atoms with Gasteiger partial charge in [0.05, 0.1) is 32.1 Å². The van der Waals surface area contributed by atoms with Gasteiger partial charge in [0.25, 0.3) is 5.91 Å². The molecule has 61 heavy (non-hydrogen) atoms. The van der Waals surface area contributed by atoms with Gasteiger partial charge >= 0.3 is 11.9 Å². The monoisotopic (exact) mass is 855 g/mol. The fourth-order valence-electron chi connectivity index (χ4n) is 7.64. The van der Waals surface area contributed by atoms with Gasteiger partial charge in [-0.15, -0.1) is 0 Å². The lowest BCUT2D eigenvalue weighted by Gasteiger charge is -2.21. The van der Waals surface area contributed by atoms with Crippen molar-refractivity contribution in [2.75, 3.05) is 32.1 Å². The summed E-state index contributed by atoms with van der Waals surface area (Å²) >= 11 is 13.8. The molecular weight excluding hydrogens is 821 g/mol. The van der Waals surface area contributed by atoms with Crippen LogP contribution >= 0.6 is 23.2 Å². The third-order valence-corrected chi connectivity index (χ3v) is 11.1. The number of carboxylic acid groups (broad SMARTS) is 2. The Kier molecular flexibility index (Phi) is 10.7. The van der Waals surface area contributed by atoms with Gasteiger partial charge in [-0.05, 0) is 85.1 Å². The highest BCUT2D eigenvalue weighted by atomic mass is 35.5. The van der Waals surface area contributed by atoms with Gasteiger partial charge < -0.3 is 34.4 Å². The van der Waals surface area contributed by atoms with Crippen molar-refractivity contribution in [2.24, 2.45) is 4.99 Å². The highest BCUT2D eigenvalue weighted by Crippen LogP contribution is 2.47. The van der Waals surface area contributed by atoms with Gasteiger partial charge in [-0.25, -0.2) is 9.59 Å². The molecule has 4 aromatic carbocycles. The zero-order valence-corrected chi connectivity index (χ0v) is 34.3. The molecule has 0 bridgehead atoms. The summed E-state index contributed by atoms with van der Waals surface area (Å²) in [6, 6.07) is 25.8. The highest BCUT2D eigenvalue weighted by Gasteiger charge is 2.30. The lowest BCUT2D eigenvalue weighted by molar-refractivity contribution is 0.0686. The van der Waals surface area contributed by atoms with Crippen LogP contribution in [0.15, 0.2) is 116 Å². The van der Waals surface area contributed by atoms with E-state index in [9.17, 15) is 34.5 Å². The van der Waals surface area contributed by atoms with Crippen molar-refractivity contribution in [2.45, 2.75) is 13.3 Å². The van der Waals surface area contributed by atoms with Gasteiger partial charge in [0.1, 0.15) is 28.4 Å². The fraction of sp³-hybridized carbons (Fsp3) is 0.128. The van der Waals surface area contributed by atoms with E-state index in [1.165, 1.54) is 36.4 Å². The minimum atomic E-state index is -1.40. The average molecular weight is 857 g/mol. The molecule has 0 saturated carbocycles. The second kappa shape index (κ2) is 16.1. The number of benzene rings is 6. The number of nitrogens with zero attached hydrogens (tertiary/aromatic N) is 2. The number of fused-ring (bicyclic) bond motifs is 4. The van der Waals surface area contributed by atoms with Crippen LogP contribution in [0.4, 0.5) is 5.69 Å². The number of phenolic OH excluding ortho intramolecular Hbond substituents is 1. The molecule has 0 unspecified atom stereocenters. The Morgan fingerprint density at radius 3 is 2.11 bits per heavy atom. The Bertz CT molecular complexity index is 3190. The molecule has 0 spiro atoms. The van der Waals surface area contributed by atoms with E-state index < -0.39 is 17.8 Å². The number of hydrogen-bond donors (Lipinski definition) is 4. The third kappa shape index (κ3) is 7.51. The number of anilines is 1. The maximum absolute atomic E-state index is 13.7. The van der Waals surface area contributed by atoms with E-state index in [1.54, 1.807) is 42.5 Å². The van der Waals surface area contributed by atoms with E-state index in [1.807, 2.05) is 44.1 Å². The van der Waals surface area contributed by atoms with E-state index in [2.05, 4.69) is 10.3 Å². The number of aromatic hydroxyl groups is 1. The molecule has 2 aliphatic heterocycles. The number of halogens is 2. The van der Waals surface area contributed by atoms with Crippen molar-refractivity contribution in [1.29, 1.82) is 0 Å². The summed E-state index contributed by atoms with van der Waals surface area (Å²) in [6.45, 7) is 2.47. The Labute approximate surface area is 357 Å². The summed E-state index contributed by atoms with van der Waals surface area (Å²) in [5.41, 5.74) is 3.72. The number of carbonyl (C=O) groups excluding carboxylic acids is 1. The van der Waals surface area contributed by atoms with Gasteiger partial charge in [0, 0.05) is 95.7 Å². The number of aromatic carboxylic acids is 2. The average Bonchev–Trinajstić information content (AvgIpc) is 3.22. The topological polar surface area (TPSA) is 183 Å². The third-order valence-electron chi connectivity index (χ3n) is 10.4. The SMILES string of the molecule is CC/N=c1\ccc2c(-c3c(Cl)cc(C(=O)NCCc4ccc(-c5c6ccc(=O)cc-6oc6cc(O)ccc56)c(C(=O)O)c4)c(Cl)c3C(=O)O)c3ccc(N(C)C)cc3oc-2c1. The molecule has 1 amide bonds. The molecule has 4 aliphatic rings. The summed E-state index contributed by atoms with van der Waals surface area (Å²) in [6.07, 6.45) is 0.188. The minimum Gasteiger partial charge on any atom is -0.508 e. The van der Waals surface area contributed by atoms with Crippen molar-refractivity contribution < 1.29 is 38.5 Å². The van der Waals surface area contributed by atoms with E-state index in [4.69, 9.17) is 32.0 Å². The van der Waals surface area contributed by atoms with E-state index >= 15 is 0 Å². The van der Waals surface area contributed by atoms with E-state index in [0.717, 1.165) is 5.69 Å². The number of rotatable bonds is 10. The van der Waals surface area contributed by atoms with Crippen molar-refractivity contribution in [1.82, 2.24) is 5.32 Å². The zero-order chi connectivity index (χ0) is 43.3. The Balaban J connectivity index is 1.14. The summed E-state index contributed by atoms with van der Waals surface area (Å²) in [5, 5.41) is 35.4. The maximum atomic E-state index is 13.7. The van der Waals surface area contributed by atoms with Crippen LogP contribution in [-0.2, 0) is 6.42 Å². The van der Waals surface area contributed by atoms with Gasteiger partial charge in [-0.2, -0.15) is 0 Å². The Morgan fingerprint density at radius 1 is 0.721 bits per heavy atom. The smallest absolute Gasteiger partial charge is 0.337 e. The Hall–Kier alpha value is -7.15. The van der Waals surface area contributed by atoms with Gasteiger partial charge in [0.15, 0.2) is 5.43 Å². The van der Waals surface area contributed by atoms with Crippen LogP contribution in [0.5, 0.6) is 5.75 Å². The van der Waals surface area contributed by atoms with Crippen LogP contribution in [-0.4, -0.2) is 60.4 Å². The van der Waals surface area contributed by atoms with Crippen molar-refractivity contribution in [3.05, 3.63) is 145 Å². The minimum absolute atomic E-state index is 0.0196.